The molecule has 0 bridgehead atoms. The van der Waals surface area contributed by atoms with Gasteiger partial charge in [0.05, 0.1) is 12.0 Å². The molecule has 0 saturated carbocycles. The number of hydrogen-bond donors (Lipinski definition) is 1. The van der Waals surface area contributed by atoms with E-state index in [-0.39, 0.29) is 6.61 Å². The summed E-state index contributed by atoms with van der Waals surface area (Å²) in [5.74, 6) is -1.13. The van der Waals surface area contributed by atoms with Crippen molar-refractivity contribution < 1.29 is 19.4 Å². The predicted molar refractivity (Wildman–Crippen MR) is 113 cm³/mol. The van der Waals surface area contributed by atoms with Crippen LogP contribution in [0.3, 0.4) is 0 Å². The van der Waals surface area contributed by atoms with Gasteiger partial charge in [0, 0.05) is 8.90 Å². The Bertz CT molecular complexity index is 799. The predicted octanol–water partition coefficient (Wildman–Crippen LogP) is 4.64. The van der Waals surface area contributed by atoms with Gasteiger partial charge in [0.25, 0.3) is 0 Å². The Labute approximate surface area is 180 Å². The molecule has 3 atom stereocenters. The summed E-state index contributed by atoms with van der Waals surface area (Å²) in [6, 6.07) is 16.1. The third-order valence-electron chi connectivity index (χ3n) is 4.62. The van der Waals surface area contributed by atoms with E-state index in [1.165, 1.54) is 0 Å². The molecule has 142 valence electrons. The lowest BCUT2D eigenvalue weighted by molar-refractivity contribution is -0.137. The van der Waals surface area contributed by atoms with E-state index in [4.69, 9.17) is 4.74 Å². The quantitative estimate of drug-likeness (QED) is 0.425. The first-order valence-electron chi connectivity index (χ1n) is 8.57. The van der Waals surface area contributed by atoms with Crippen LogP contribution in [0, 0.1) is 5.92 Å². The Morgan fingerprint density at radius 2 is 1.89 bits per heavy atom. The zero-order valence-corrected chi connectivity index (χ0v) is 18.2. The first kappa shape index (κ1) is 20.3. The summed E-state index contributed by atoms with van der Waals surface area (Å²) in [6.07, 6.45) is -1.19. The molecule has 0 unspecified atom stereocenters. The van der Waals surface area contributed by atoms with E-state index in [2.05, 4.69) is 38.5 Å². The van der Waals surface area contributed by atoms with E-state index in [0.29, 0.717) is 16.4 Å². The van der Waals surface area contributed by atoms with Crippen LogP contribution in [0.4, 0.5) is 4.79 Å². The fourth-order valence-corrected chi connectivity index (χ4v) is 4.13. The largest absolute Gasteiger partial charge is 0.446 e. The van der Waals surface area contributed by atoms with E-state index < -0.39 is 30.1 Å². The molecule has 1 heterocycles. The normalized spacial score (nSPS) is 18.9. The molecule has 7 heteroatoms. The maximum Gasteiger partial charge on any atom is 0.417 e. The molecule has 2 amide bonds. The van der Waals surface area contributed by atoms with Crippen molar-refractivity contribution in [1.29, 1.82) is 0 Å². The fourth-order valence-electron chi connectivity index (χ4n) is 3.19. The fraction of sp³-hybridized carbons (Fsp3) is 0.300. The average molecular weight is 544 g/mol. The van der Waals surface area contributed by atoms with Crippen molar-refractivity contribution in [2.45, 2.75) is 18.6 Å². The SMILES string of the molecule is O=C1OC[C@H](c2ccccc2)N1C(=O)[C@H](CCI)[C@H](O)c1ccc(Br)cc1. The lowest BCUT2D eigenvalue weighted by Crippen LogP contribution is -2.41. The molecule has 1 aliphatic rings. The molecular weight excluding hydrogens is 525 g/mol. The number of imide groups is 1. The van der Waals surface area contributed by atoms with Crippen molar-refractivity contribution in [3.63, 3.8) is 0 Å². The number of carbonyl (C=O) groups is 2. The van der Waals surface area contributed by atoms with Crippen LogP contribution in [0.15, 0.2) is 59.1 Å². The molecular formula is C20H19BrINO4. The van der Waals surface area contributed by atoms with Gasteiger partial charge in [-0.15, -0.1) is 0 Å². The van der Waals surface area contributed by atoms with E-state index in [0.717, 1.165) is 14.9 Å². The highest BCUT2D eigenvalue weighted by Gasteiger charge is 2.43. The maximum absolute atomic E-state index is 13.3. The number of alkyl halides is 1. The molecule has 1 saturated heterocycles. The van der Waals surface area contributed by atoms with E-state index in [1.807, 2.05) is 42.5 Å². The lowest BCUT2D eigenvalue weighted by atomic mass is 9.91. The van der Waals surface area contributed by atoms with Crippen molar-refractivity contribution in [2.75, 3.05) is 11.0 Å². The molecule has 1 aliphatic heterocycles. The van der Waals surface area contributed by atoms with Gasteiger partial charge in [-0.3, -0.25) is 4.79 Å². The number of aliphatic hydroxyl groups is 1. The number of benzene rings is 2. The molecule has 0 aromatic heterocycles. The monoisotopic (exact) mass is 543 g/mol. The van der Waals surface area contributed by atoms with Gasteiger partial charge in [-0.25, -0.2) is 9.69 Å². The van der Waals surface area contributed by atoms with Crippen molar-refractivity contribution in [3.8, 4) is 0 Å². The first-order chi connectivity index (χ1) is 13.0. The molecule has 2 aromatic rings. The number of nitrogens with zero attached hydrogens (tertiary/aromatic N) is 1. The van der Waals surface area contributed by atoms with Crippen LogP contribution < -0.4 is 0 Å². The summed E-state index contributed by atoms with van der Waals surface area (Å²) in [5.41, 5.74) is 1.48. The first-order valence-corrected chi connectivity index (χ1v) is 10.9. The second kappa shape index (κ2) is 9.16. The molecule has 1 fully saturated rings. The Hall–Kier alpha value is -1.45. The van der Waals surface area contributed by atoms with Crippen LogP contribution in [0.25, 0.3) is 0 Å². The third-order valence-corrected chi connectivity index (χ3v) is 5.78. The number of carbonyl (C=O) groups excluding carboxylic acids is 2. The molecule has 3 rings (SSSR count). The number of hydrogen-bond acceptors (Lipinski definition) is 4. The molecule has 27 heavy (non-hydrogen) atoms. The number of ether oxygens (including phenoxy) is 1. The zero-order chi connectivity index (χ0) is 19.4. The lowest BCUT2D eigenvalue weighted by Gasteiger charge is -2.28. The minimum absolute atomic E-state index is 0.125. The van der Waals surface area contributed by atoms with E-state index in [9.17, 15) is 14.7 Å². The van der Waals surface area contributed by atoms with Crippen molar-refractivity contribution in [2.24, 2.45) is 5.92 Å². The van der Waals surface area contributed by atoms with Gasteiger partial charge >= 0.3 is 6.09 Å². The van der Waals surface area contributed by atoms with Gasteiger partial charge in [-0.05, 0) is 29.7 Å². The Kier molecular flexibility index (Phi) is 6.88. The van der Waals surface area contributed by atoms with Crippen LogP contribution in [0.2, 0.25) is 0 Å². The Morgan fingerprint density at radius 1 is 1.22 bits per heavy atom. The third kappa shape index (κ3) is 4.52. The van der Waals surface area contributed by atoms with Gasteiger partial charge in [-0.2, -0.15) is 0 Å². The smallest absolute Gasteiger partial charge is 0.417 e. The second-order valence-electron chi connectivity index (χ2n) is 6.29. The summed E-state index contributed by atoms with van der Waals surface area (Å²) >= 11 is 5.54. The van der Waals surface area contributed by atoms with E-state index >= 15 is 0 Å². The topological polar surface area (TPSA) is 66.8 Å². The Morgan fingerprint density at radius 3 is 2.52 bits per heavy atom. The van der Waals surface area contributed by atoms with Crippen molar-refractivity contribution in [1.82, 2.24) is 4.90 Å². The standard InChI is InChI=1S/C20H19BrINO4/c21-15-8-6-14(7-9-15)18(24)16(10-11-22)19(25)23-17(12-27-20(23)26)13-4-2-1-3-5-13/h1-9,16-18,24H,10-12H2/t16-,17-,18-/m1/s1. The van der Waals surface area contributed by atoms with Gasteiger partial charge < -0.3 is 9.84 Å². The van der Waals surface area contributed by atoms with Crippen LogP contribution in [-0.4, -0.2) is 33.0 Å². The van der Waals surface area contributed by atoms with Crippen LogP contribution in [0.5, 0.6) is 0 Å². The maximum atomic E-state index is 13.3. The molecule has 0 spiro atoms. The van der Waals surface area contributed by atoms with Gasteiger partial charge in [0.15, 0.2) is 0 Å². The highest BCUT2D eigenvalue weighted by atomic mass is 127. The number of halogens is 2. The van der Waals surface area contributed by atoms with E-state index in [1.54, 1.807) is 12.1 Å². The number of aliphatic hydroxyl groups excluding tert-OH is 1. The highest BCUT2D eigenvalue weighted by Crippen LogP contribution is 2.34. The minimum atomic E-state index is -0.995. The second-order valence-corrected chi connectivity index (χ2v) is 8.29. The van der Waals surface area contributed by atoms with Crippen molar-refractivity contribution >= 4 is 50.5 Å². The van der Waals surface area contributed by atoms with Crippen molar-refractivity contribution in [3.05, 3.63) is 70.2 Å². The zero-order valence-electron chi connectivity index (χ0n) is 14.4. The molecule has 0 radical (unpaired) electrons. The van der Waals surface area contributed by atoms with Gasteiger partial charge in [0.2, 0.25) is 5.91 Å². The molecule has 0 aliphatic carbocycles. The minimum Gasteiger partial charge on any atom is -0.446 e. The summed E-state index contributed by atoms with van der Waals surface area (Å²) < 4.78 is 6.73. The summed E-state index contributed by atoms with van der Waals surface area (Å²) in [6.45, 7) is 0.125. The van der Waals surface area contributed by atoms with Crippen LogP contribution in [-0.2, 0) is 9.53 Å². The number of cyclic esters (lactones) is 1. The highest BCUT2D eigenvalue weighted by molar-refractivity contribution is 14.1. The Balaban J connectivity index is 1.88. The molecule has 1 N–H and O–H groups in total. The molecule has 2 aromatic carbocycles. The van der Waals surface area contributed by atoms with Gasteiger partial charge in [0.1, 0.15) is 12.6 Å². The molecule has 5 nitrogen and oxygen atoms in total. The average Bonchev–Trinajstić information content (AvgIpc) is 3.08. The summed E-state index contributed by atoms with van der Waals surface area (Å²) in [4.78, 5) is 26.7. The van der Waals surface area contributed by atoms with Crippen LogP contribution >= 0.6 is 38.5 Å². The summed E-state index contributed by atoms with van der Waals surface area (Å²) in [5, 5.41) is 10.9. The number of amides is 2. The van der Waals surface area contributed by atoms with Gasteiger partial charge in [-0.1, -0.05) is 81.0 Å². The number of rotatable bonds is 6. The summed E-state index contributed by atoms with van der Waals surface area (Å²) in [7, 11) is 0. The van der Waals surface area contributed by atoms with Crippen LogP contribution in [0.1, 0.15) is 29.7 Å².